The highest BCUT2D eigenvalue weighted by Crippen LogP contribution is 2.15. The molecule has 0 aliphatic rings. The van der Waals surface area contributed by atoms with Gasteiger partial charge in [0, 0.05) is 11.6 Å². The number of carbonyl (C=O) groups is 1. The number of hydrogen-bond donors (Lipinski definition) is 0. The summed E-state index contributed by atoms with van der Waals surface area (Å²) in [6.45, 7) is 12.2. The van der Waals surface area contributed by atoms with Gasteiger partial charge in [0.05, 0.1) is 26.2 Å². The Morgan fingerprint density at radius 1 is 1.11 bits per heavy atom. The molecule has 0 amide bonds. The van der Waals surface area contributed by atoms with Crippen LogP contribution in [0.1, 0.15) is 73.6 Å². The van der Waals surface area contributed by atoms with E-state index >= 15 is 0 Å². The minimum Gasteiger partial charge on any atom is -0.297 e. The molecule has 18 heavy (non-hydrogen) atoms. The fourth-order valence-corrected chi connectivity index (χ4v) is 1.96. The molecule has 1 atom stereocenters. The third-order valence-electron chi connectivity index (χ3n) is 2.97. The molecule has 0 bridgehead atoms. The van der Waals surface area contributed by atoms with Gasteiger partial charge in [-0.05, 0) is 33.1 Å². The summed E-state index contributed by atoms with van der Waals surface area (Å²) in [6, 6.07) is -0.110. The first kappa shape index (κ1) is 17.2. The van der Waals surface area contributed by atoms with Crippen LogP contribution in [-0.2, 0) is 4.79 Å². The van der Waals surface area contributed by atoms with Crippen LogP contribution in [0.4, 0.5) is 0 Å². The summed E-state index contributed by atoms with van der Waals surface area (Å²) in [5, 5.41) is 0. The van der Waals surface area contributed by atoms with E-state index in [9.17, 15) is 4.79 Å². The monoisotopic (exact) mass is 252 g/mol. The number of ketones is 1. The van der Waals surface area contributed by atoms with Crippen LogP contribution in [-0.4, -0.2) is 17.5 Å². The number of unbranched alkanes of at least 4 members (excludes halogenated alkanes) is 2. The number of nitrogens with zero attached hydrogens (tertiary/aromatic N) is 1. The Hall–Kier alpha value is -0.790. The van der Waals surface area contributed by atoms with Crippen LogP contribution in [0.3, 0.4) is 0 Å². The van der Waals surface area contributed by atoms with Crippen LogP contribution in [0.5, 0.6) is 0 Å². The number of rotatable bonds is 9. The van der Waals surface area contributed by atoms with Gasteiger partial charge in [-0.3, -0.25) is 9.79 Å². The van der Waals surface area contributed by atoms with Crippen molar-refractivity contribution in [3.63, 3.8) is 0 Å². The number of Topliss-reactive ketones (excluding diaryl/α,β-unsaturated/α-hetero) is 1. The summed E-state index contributed by atoms with van der Waals surface area (Å²) >= 11 is 0. The van der Waals surface area contributed by atoms with Gasteiger partial charge >= 0.3 is 0 Å². The highest BCUT2D eigenvalue weighted by molar-refractivity contribution is 5.89. The number of hydrogen-bond acceptors (Lipinski definition) is 2. The van der Waals surface area contributed by atoms with E-state index in [4.69, 9.17) is 0 Å². The van der Waals surface area contributed by atoms with Gasteiger partial charge in [0.25, 0.3) is 0 Å². The highest BCUT2D eigenvalue weighted by Gasteiger charge is 2.19. The smallest absolute Gasteiger partial charge is 0.159 e. The lowest BCUT2D eigenvalue weighted by atomic mass is 9.96. The van der Waals surface area contributed by atoms with Gasteiger partial charge in [0.2, 0.25) is 0 Å². The summed E-state index contributed by atoms with van der Waals surface area (Å²) in [7, 11) is 0. The van der Waals surface area contributed by atoms with Gasteiger partial charge < -0.3 is 0 Å². The maximum Gasteiger partial charge on any atom is 0.159 e. The highest BCUT2D eigenvalue weighted by atomic mass is 16.1. The SMILES string of the molecule is CC(C)=N[C@@H](CCCCC[C+](C)C)C(=O)C(C)C. The average molecular weight is 252 g/mol. The molecule has 0 fully saturated rings. The fraction of sp³-hybridized carbons (Fsp3) is 0.812. The summed E-state index contributed by atoms with van der Waals surface area (Å²) in [4.78, 5) is 16.5. The van der Waals surface area contributed by atoms with E-state index in [2.05, 4.69) is 18.8 Å². The standard InChI is InChI=1S/C16H30NO/c1-12(2)10-8-7-9-11-15(17-14(5)6)16(18)13(3)4/h13,15H,7-11H2,1-6H3/q+1/t15-/m0/s1. The molecule has 2 heteroatoms. The molecule has 0 radical (unpaired) electrons. The molecule has 0 spiro atoms. The van der Waals surface area contributed by atoms with E-state index in [1.165, 1.54) is 25.2 Å². The first-order chi connectivity index (χ1) is 8.34. The van der Waals surface area contributed by atoms with Crippen molar-refractivity contribution in [3.8, 4) is 0 Å². The quantitative estimate of drug-likeness (QED) is 0.334. The summed E-state index contributed by atoms with van der Waals surface area (Å²) in [5.74, 6) is 1.87. The van der Waals surface area contributed by atoms with Crippen LogP contribution in [0, 0.1) is 11.8 Å². The van der Waals surface area contributed by atoms with Crippen molar-refractivity contribution in [3.05, 3.63) is 5.92 Å². The van der Waals surface area contributed by atoms with Gasteiger partial charge in [-0.2, -0.15) is 0 Å². The van der Waals surface area contributed by atoms with Gasteiger partial charge in [-0.1, -0.05) is 20.3 Å². The van der Waals surface area contributed by atoms with Crippen LogP contribution >= 0.6 is 0 Å². The Labute approximate surface area is 113 Å². The molecule has 0 aromatic carbocycles. The second-order valence-corrected chi connectivity index (χ2v) is 5.96. The topological polar surface area (TPSA) is 29.4 Å². The summed E-state index contributed by atoms with van der Waals surface area (Å²) in [6.07, 6.45) is 5.65. The molecule has 0 aromatic heterocycles. The number of aliphatic imine (C=N–C) groups is 1. The maximum atomic E-state index is 12.0. The lowest BCUT2D eigenvalue weighted by molar-refractivity contribution is -0.123. The summed E-state index contributed by atoms with van der Waals surface area (Å²) < 4.78 is 0. The van der Waals surface area contributed by atoms with E-state index in [0.29, 0.717) is 0 Å². The van der Waals surface area contributed by atoms with E-state index in [1.807, 2.05) is 27.7 Å². The lowest BCUT2D eigenvalue weighted by Crippen LogP contribution is -2.24. The first-order valence-electron chi connectivity index (χ1n) is 7.18. The van der Waals surface area contributed by atoms with Crippen LogP contribution in [0.15, 0.2) is 4.99 Å². The van der Waals surface area contributed by atoms with Crippen molar-refractivity contribution in [1.82, 2.24) is 0 Å². The Balaban J connectivity index is 4.11. The van der Waals surface area contributed by atoms with E-state index in [1.54, 1.807) is 0 Å². The van der Waals surface area contributed by atoms with Crippen LogP contribution in [0.2, 0.25) is 0 Å². The van der Waals surface area contributed by atoms with Crippen molar-refractivity contribution < 1.29 is 4.79 Å². The van der Waals surface area contributed by atoms with Crippen molar-refractivity contribution >= 4 is 11.5 Å². The first-order valence-corrected chi connectivity index (χ1v) is 7.18. The maximum absolute atomic E-state index is 12.0. The van der Waals surface area contributed by atoms with Gasteiger partial charge in [0.1, 0.15) is 6.04 Å². The van der Waals surface area contributed by atoms with E-state index < -0.39 is 0 Å². The Bertz CT molecular complexity index is 262. The predicted molar refractivity (Wildman–Crippen MR) is 80.1 cm³/mol. The molecular formula is C16H30NO+. The normalized spacial score (nSPS) is 12.4. The van der Waals surface area contributed by atoms with Crippen LogP contribution in [0.25, 0.3) is 0 Å². The van der Waals surface area contributed by atoms with Gasteiger partial charge in [-0.15, -0.1) is 0 Å². The summed E-state index contributed by atoms with van der Waals surface area (Å²) in [5.41, 5.74) is 1.01. The molecule has 0 rings (SSSR count). The minimum atomic E-state index is -0.110. The van der Waals surface area contributed by atoms with E-state index in [0.717, 1.165) is 18.6 Å². The Morgan fingerprint density at radius 2 is 1.72 bits per heavy atom. The zero-order chi connectivity index (χ0) is 14.1. The third-order valence-corrected chi connectivity index (χ3v) is 2.97. The molecule has 0 aromatic rings. The van der Waals surface area contributed by atoms with Crippen molar-refractivity contribution in [2.75, 3.05) is 0 Å². The van der Waals surface area contributed by atoms with Crippen molar-refractivity contribution in [2.24, 2.45) is 10.9 Å². The van der Waals surface area contributed by atoms with Gasteiger partial charge in [0.15, 0.2) is 5.78 Å². The largest absolute Gasteiger partial charge is 0.297 e. The predicted octanol–water partition coefficient (Wildman–Crippen LogP) is 4.63. The molecule has 0 unspecified atom stereocenters. The average Bonchev–Trinajstić information content (AvgIpc) is 2.24. The molecule has 0 aliphatic carbocycles. The van der Waals surface area contributed by atoms with Gasteiger partial charge in [-0.25, -0.2) is 0 Å². The zero-order valence-corrected chi connectivity index (χ0v) is 13.0. The molecule has 0 saturated heterocycles. The Kier molecular flexibility index (Phi) is 8.78. The molecular weight excluding hydrogens is 222 g/mol. The molecule has 0 N–H and O–H groups in total. The molecule has 0 heterocycles. The zero-order valence-electron chi connectivity index (χ0n) is 13.0. The molecule has 2 nitrogen and oxygen atoms in total. The second-order valence-electron chi connectivity index (χ2n) is 5.96. The second kappa shape index (κ2) is 9.18. The minimum absolute atomic E-state index is 0.0873. The molecule has 0 saturated carbocycles. The van der Waals surface area contributed by atoms with Crippen LogP contribution < -0.4 is 0 Å². The fourth-order valence-electron chi connectivity index (χ4n) is 1.96. The lowest BCUT2D eigenvalue weighted by Gasteiger charge is -2.14. The van der Waals surface area contributed by atoms with E-state index in [-0.39, 0.29) is 17.7 Å². The molecule has 0 aliphatic heterocycles. The third kappa shape index (κ3) is 8.32. The molecule has 104 valence electrons. The number of carbonyl (C=O) groups excluding carboxylic acids is 1. The van der Waals surface area contributed by atoms with Crippen molar-refractivity contribution in [2.45, 2.75) is 79.7 Å². The van der Waals surface area contributed by atoms with Crippen molar-refractivity contribution in [1.29, 1.82) is 0 Å². The Morgan fingerprint density at radius 3 is 2.17 bits per heavy atom.